The third-order valence-electron chi connectivity index (χ3n) is 3.70. The highest BCUT2D eigenvalue weighted by atomic mass is 16.2. The molecule has 1 aliphatic rings. The van der Waals surface area contributed by atoms with Gasteiger partial charge in [-0.25, -0.2) is 0 Å². The minimum atomic E-state index is -0.0391. The monoisotopic (exact) mass is 240 g/mol. The molecule has 1 rings (SSSR count). The number of carbonyl (C=O) groups is 1. The minimum absolute atomic E-state index is 0.0391. The van der Waals surface area contributed by atoms with E-state index in [1.54, 1.807) is 0 Å². The van der Waals surface area contributed by atoms with E-state index in [1.807, 2.05) is 0 Å². The molecule has 0 aromatic heterocycles. The van der Waals surface area contributed by atoms with E-state index in [0.29, 0.717) is 18.5 Å². The molecule has 3 heteroatoms. The van der Waals surface area contributed by atoms with Gasteiger partial charge in [-0.05, 0) is 30.6 Å². The van der Waals surface area contributed by atoms with Crippen LogP contribution in [0, 0.1) is 17.3 Å². The van der Waals surface area contributed by atoms with Gasteiger partial charge in [0.15, 0.2) is 0 Å². The third kappa shape index (κ3) is 4.66. The van der Waals surface area contributed by atoms with Crippen molar-refractivity contribution < 1.29 is 4.79 Å². The Bertz CT molecular complexity index is 257. The van der Waals surface area contributed by atoms with Crippen LogP contribution in [0.3, 0.4) is 0 Å². The van der Waals surface area contributed by atoms with Gasteiger partial charge in [0.2, 0.25) is 5.91 Å². The van der Waals surface area contributed by atoms with Crippen LogP contribution in [0.1, 0.15) is 53.4 Å². The molecule has 1 saturated carbocycles. The fourth-order valence-electron chi connectivity index (χ4n) is 2.68. The van der Waals surface area contributed by atoms with Gasteiger partial charge >= 0.3 is 0 Å². The Morgan fingerprint density at radius 3 is 2.47 bits per heavy atom. The Labute approximate surface area is 106 Å². The molecular formula is C14H28N2O. The van der Waals surface area contributed by atoms with E-state index in [1.165, 1.54) is 12.8 Å². The van der Waals surface area contributed by atoms with Gasteiger partial charge < -0.3 is 11.1 Å². The minimum Gasteiger partial charge on any atom is -0.353 e. The molecule has 0 spiro atoms. The van der Waals surface area contributed by atoms with Crippen molar-refractivity contribution in [3.05, 3.63) is 0 Å². The smallest absolute Gasteiger partial charge is 0.224 e. The second-order valence-corrected chi connectivity index (χ2v) is 6.72. The Morgan fingerprint density at radius 1 is 1.41 bits per heavy atom. The molecule has 0 aromatic rings. The Kier molecular flexibility index (Phi) is 4.99. The number of rotatable bonds is 4. The molecule has 1 fully saturated rings. The first kappa shape index (κ1) is 14.5. The molecular weight excluding hydrogens is 212 g/mol. The molecule has 3 nitrogen and oxygen atoms in total. The normalized spacial score (nSPS) is 26.9. The number of nitrogens with one attached hydrogen (secondary N) is 1. The summed E-state index contributed by atoms with van der Waals surface area (Å²) in [6.45, 7) is 9.13. The second-order valence-electron chi connectivity index (χ2n) is 6.72. The Balaban J connectivity index is 2.49. The average molecular weight is 240 g/mol. The molecule has 0 bridgehead atoms. The lowest BCUT2D eigenvalue weighted by Gasteiger charge is -2.26. The van der Waals surface area contributed by atoms with Crippen LogP contribution in [0.15, 0.2) is 0 Å². The van der Waals surface area contributed by atoms with Crippen molar-refractivity contribution in [2.75, 3.05) is 6.54 Å². The standard InChI is InChI=1S/C14H28N2O/c1-10-6-5-7-12(10)16-13(17)11(9-15)8-14(2,3)4/h10-12H,5-9,15H2,1-4H3,(H,16,17). The highest BCUT2D eigenvalue weighted by Crippen LogP contribution is 2.27. The Morgan fingerprint density at radius 2 is 2.06 bits per heavy atom. The van der Waals surface area contributed by atoms with Crippen LogP contribution in [0.5, 0.6) is 0 Å². The van der Waals surface area contributed by atoms with E-state index in [4.69, 9.17) is 5.73 Å². The van der Waals surface area contributed by atoms with Crippen molar-refractivity contribution in [1.82, 2.24) is 5.32 Å². The second kappa shape index (κ2) is 5.85. The fraction of sp³-hybridized carbons (Fsp3) is 0.929. The molecule has 1 amide bonds. The maximum Gasteiger partial charge on any atom is 0.224 e. The van der Waals surface area contributed by atoms with Gasteiger partial charge in [0.25, 0.3) is 0 Å². The summed E-state index contributed by atoms with van der Waals surface area (Å²) in [7, 11) is 0. The highest BCUT2D eigenvalue weighted by Gasteiger charge is 2.29. The molecule has 0 aliphatic heterocycles. The zero-order valence-corrected chi connectivity index (χ0v) is 11.8. The van der Waals surface area contributed by atoms with Gasteiger partial charge in [-0.15, -0.1) is 0 Å². The number of nitrogens with two attached hydrogens (primary N) is 1. The predicted molar refractivity (Wildman–Crippen MR) is 71.6 cm³/mol. The largest absolute Gasteiger partial charge is 0.353 e. The van der Waals surface area contributed by atoms with E-state index in [2.05, 4.69) is 33.0 Å². The molecule has 17 heavy (non-hydrogen) atoms. The third-order valence-corrected chi connectivity index (χ3v) is 3.70. The van der Waals surface area contributed by atoms with Gasteiger partial charge in [0, 0.05) is 12.6 Å². The lowest BCUT2D eigenvalue weighted by atomic mass is 9.84. The Hall–Kier alpha value is -0.570. The molecule has 1 aliphatic carbocycles. The van der Waals surface area contributed by atoms with Crippen molar-refractivity contribution in [3.8, 4) is 0 Å². The predicted octanol–water partition coefficient (Wildman–Crippen LogP) is 2.30. The van der Waals surface area contributed by atoms with Gasteiger partial charge in [0.05, 0.1) is 5.92 Å². The van der Waals surface area contributed by atoms with Crippen LogP contribution in [-0.2, 0) is 4.79 Å². The van der Waals surface area contributed by atoms with Gasteiger partial charge in [-0.2, -0.15) is 0 Å². The lowest BCUT2D eigenvalue weighted by molar-refractivity contribution is -0.126. The zero-order valence-electron chi connectivity index (χ0n) is 11.8. The molecule has 100 valence electrons. The first-order valence-corrected chi connectivity index (χ1v) is 6.84. The van der Waals surface area contributed by atoms with Crippen molar-refractivity contribution in [2.45, 2.75) is 59.4 Å². The van der Waals surface area contributed by atoms with E-state index in [0.717, 1.165) is 12.8 Å². The summed E-state index contributed by atoms with van der Waals surface area (Å²) < 4.78 is 0. The van der Waals surface area contributed by atoms with E-state index in [9.17, 15) is 4.79 Å². The first-order chi connectivity index (χ1) is 7.83. The van der Waals surface area contributed by atoms with E-state index < -0.39 is 0 Å². The summed E-state index contributed by atoms with van der Waals surface area (Å²) in [5.41, 5.74) is 5.88. The number of hydrogen-bond donors (Lipinski definition) is 2. The van der Waals surface area contributed by atoms with Crippen LogP contribution in [-0.4, -0.2) is 18.5 Å². The maximum absolute atomic E-state index is 12.2. The number of amides is 1. The van der Waals surface area contributed by atoms with Crippen LogP contribution in [0.2, 0.25) is 0 Å². The van der Waals surface area contributed by atoms with Crippen LogP contribution in [0.4, 0.5) is 0 Å². The average Bonchev–Trinajstić information content (AvgIpc) is 2.59. The molecule has 3 N–H and O–H groups in total. The SMILES string of the molecule is CC1CCCC1NC(=O)C(CN)CC(C)(C)C. The summed E-state index contributed by atoms with van der Waals surface area (Å²) in [5, 5.41) is 3.18. The van der Waals surface area contributed by atoms with Crippen LogP contribution in [0.25, 0.3) is 0 Å². The molecule has 0 saturated heterocycles. The highest BCUT2D eigenvalue weighted by molar-refractivity contribution is 5.79. The molecule has 0 radical (unpaired) electrons. The van der Waals surface area contributed by atoms with Gasteiger partial charge in [-0.3, -0.25) is 4.79 Å². The van der Waals surface area contributed by atoms with E-state index in [-0.39, 0.29) is 17.2 Å². The molecule has 0 heterocycles. The summed E-state index contributed by atoms with van der Waals surface area (Å²) in [6.07, 6.45) is 4.45. The quantitative estimate of drug-likeness (QED) is 0.792. The topological polar surface area (TPSA) is 55.1 Å². The lowest BCUT2D eigenvalue weighted by Crippen LogP contribution is -2.43. The molecule has 3 unspecified atom stereocenters. The van der Waals surface area contributed by atoms with Crippen molar-refractivity contribution in [1.29, 1.82) is 0 Å². The van der Waals surface area contributed by atoms with Crippen molar-refractivity contribution >= 4 is 5.91 Å². The summed E-state index contributed by atoms with van der Waals surface area (Å²) in [6, 6.07) is 0.372. The van der Waals surface area contributed by atoms with Crippen molar-refractivity contribution in [3.63, 3.8) is 0 Å². The maximum atomic E-state index is 12.2. The summed E-state index contributed by atoms with van der Waals surface area (Å²) in [5.74, 6) is 0.732. The summed E-state index contributed by atoms with van der Waals surface area (Å²) >= 11 is 0. The number of carbonyl (C=O) groups excluding carboxylic acids is 1. The van der Waals surface area contributed by atoms with Crippen molar-refractivity contribution in [2.24, 2.45) is 23.0 Å². The van der Waals surface area contributed by atoms with Gasteiger partial charge in [0.1, 0.15) is 0 Å². The van der Waals surface area contributed by atoms with Crippen LogP contribution >= 0.6 is 0 Å². The first-order valence-electron chi connectivity index (χ1n) is 6.84. The number of hydrogen-bond acceptors (Lipinski definition) is 2. The van der Waals surface area contributed by atoms with Gasteiger partial charge in [-0.1, -0.05) is 34.1 Å². The summed E-state index contributed by atoms with van der Waals surface area (Å²) in [4.78, 5) is 12.2. The fourth-order valence-corrected chi connectivity index (χ4v) is 2.68. The molecule has 0 aromatic carbocycles. The van der Waals surface area contributed by atoms with Crippen LogP contribution < -0.4 is 11.1 Å². The zero-order chi connectivity index (χ0) is 13.1. The molecule has 3 atom stereocenters. The van der Waals surface area contributed by atoms with E-state index >= 15 is 0 Å².